The van der Waals surface area contributed by atoms with Gasteiger partial charge in [-0.3, -0.25) is 9.89 Å². The lowest BCUT2D eigenvalue weighted by Crippen LogP contribution is -2.36. The van der Waals surface area contributed by atoms with Crippen LogP contribution in [0.1, 0.15) is 23.0 Å². The maximum atomic E-state index is 13.2. The first kappa shape index (κ1) is 20.5. The van der Waals surface area contributed by atoms with Crippen molar-refractivity contribution in [2.75, 3.05) is 11.4 Å². The molecule has 2 rings (SSSR count). The van der Waals surface area contributed by atoms with E-state index in [1.807, 2.05) is 0 Å². The second-order valence-corrected chi connectivity index (χ2v) is 5.14. The third kappa shape index (κ3) is 4.31. The highest BCUT2D eigenvalue weighted by atomic mass is 19.4. The molecule has 0 unspecified atom stereocenters. The van der Waals surface area contributed by atoms with E-state index in [2.05, 4.69) is 9.84 Å². The van der Waals surface area contributed by atoms with Gasteiger partial charge in [0, 0.05) is 6.54 Å². The quantitative estimate of drug-likeness (QED) is 0.736. The lowest BCUT2D eigenvalue weighted by molar-refractivity contribution is -0.253. The summed E-state index contributed by atoms with van der Waals surface area (Å²) in [5.41, 5.74) is -2.69. The molecule has 5 nitrogen and oxygen atoms in total. The van der Waals surface area contributed by atoms with Crippen LogP contribution in [0.15, 0.2) is 30.5 Å². The summed E-state index contributed by atoms with van der Waals surface area (Å²) < 4.78 is 94.1. The van der Waals surface area contributed by atoms with Crippen LogP contribution in [0.25, 0.3) is 0 Å². The highest BCUT2D eigenvalue weighted by molar-refractivity contribution is 6.07. The molecule has 0 aliphatic rings. The number of alkyl halides is 7. The third-order valence-corrected chi connectivity index (χ3v) is 3.37. The van der Waals surface area contributed by atoms with E-state index in [4.69, 9.17) is 0 Å². The molecule has 1 aromatic heterocycles. The van der Waals surface area contributed by atoms with Crippen LogP contribution in [0.3, 0.4) is 0 Å². The van der Waals surface area contributed by atoms with Gasteiger partial charge in [0.2, 0.25) is 0 Å². The van der Waals surface area contributed by atoms with Gasteiger partial charge in [0.15, 0.2) is 5.69 Å². The van der Waals surface area contributed by atoms with Crippen molar-refractivity contribution in [3.63, 3.8) is 0 Å². The highest BCUT2D eigenvalue weighted by Gasteiger charge is 2.45. The molecule has 0 aliphatic carbocycles. The Morgan fingerprint density at radius 2 is 1.85 bits per heavy atom. The Morgan fingerprint density at radius 1 is 1.22 bits per heavy atom. The van der Waals surface area contributed by atoms with Gasteiger partial charge in [-0.15, -0.1) is 0 Å². The number of ether oxygens (including phenoxy) is 1. The van der Waals surface area contributed by atoms with Crippen molar-refractivity contribution >= 4 is 11.6 Å². The zero-order valence-corrected chi connectivity index (χ0v) is 13.5. The summed E-state index contributed by atoms with van der Waals surface area (Å²) >= 11 is 0. The Morgan fingerprint density at radius 3 is 2.41 bits per heavy atom. The van der Waals surface area contributed by atoms with Gasteiger partial charge < -0.3 is 9.64 Å². The number of para-hydroxylation sites is 2. The summed E-state index contributed by atoms with van der Waals surface area (Å²) in [4.78, 5) is 13.2. The van der Waals surface area contributed by atoms with Crippen LogP contribution in [-0.4, -0.2) is 35.2 Å². The van der Waals surface area contributed by atoms with Crippen LogP contribution >= 0.6 is 0 Å². The standard InChI is InChI=1S/C15H12F7N3O2/c1-2-25(12(26)8-7-23-24-11(8)14(18,19)20)9-5-3-4-6-10(9)27-15(21,22)13(16)17/h3-7,13H,2H2,1H3,(H,23,24). The Hall–Kier alpha value is -2.79. The van der Waals surface area contributed by atoms with Crippen LogP contribution in [0, 0.1) is 0 Å². The molecular weight excluding hydrogens is 387 g/mol. The van der Waals surface area contributed by atoms with Crippen molar-refractivity contribution < 1.29 is 40.3 Å². The molecule has 0 radical (unpaired) electrons. The molecule has 0 aliphatic heterocycles. The molecule has 0 fully saturated rings. The van der Waals surface area contributed by atoms with E-state index >= 15 is 0 Å². The molecular formula is C15H12F7N3O2. The first-order valence-corrected chi connectivity index (χ1v) is 7.35. The minimum Gasteiger partial charge on any atom is -0.426 e. The van der Waals surface area contributed by atoms with Crippen molar-refractivity contribution in [2.45, 2.75) is 25.6 Å². The molecule has 1 amide bonds. The normalized spacial score (nSPS) is 12.3. The van der Waals surface area contributed by atoms with Gasteiger partial charge in [0.1, 0.15) is 5.75 Å². The Labute approximate surface area is 147 Å². The molecule has 0 saturated heterocycles. The number of nitrogens with one attached hydrogen (secondary N) is 1. The van der Waals surface area contributed by atoms with E-state index in [0.717, 1.165) is 12.1 Å². The lowest BCUT2D eigenvalue weighted by Gasteiger charge is -2.25. The van der Waals surface area contributed by atoms with Crippen LogP contribution in [-0.2, 0) is 6.18 Å². The number of amides is 1. The van der Waals surface area contributed by atoms with Crippen molar-refractivity contribution in [2.24, 2.45) is 0 Å². The molecule has 0 saturated carbocycles. The summed E-state index contributed by atoms with van der Waals surface area (Å²) in [6.07, 6.45) is -13.3. The number of carbonyl (C=O) groups excluding carboxylic acids is 1. The zero-order chi connectivity index (χ0) is 20.4. The average molecular weight is 399 g/mol. The lowest BCUT2D eigenvalue weighted by atomic mass is 10.2. The molecule has 2 aromatic rings. The Kier molecular flexibility index (Phi) is 5.66. The summed E-state index contributed by atoms with van der Waals surface area (Å²) in [6.45, 7) is 1.09. The average Bonchev–Trinajstić information content (AvgIpc) is 3.06. The van der Waals surface area contributed by atoms with E-state index in [0.29, 0.717) is 11.1 Å². The minimum atomic E-state index is -4.92. The molecule has 1 aromatic carbocycles. The van der Waals surface area contributed by atoms with Crippen LogP contribution in [0.2, 0.25) is 0 Å². The van der Waals surface area contributed by atoms with E-state index < -0.39 is 47.3 Å². The van der Waals surface area contributed by atoms with Gasteiger partial charge in [-0.25, -0.2) is 0 Å². The number of hydrogen-bond acceptors (Lipinski definition) is 3. The number of carbonyl (C=O) groups is 1. The number of rotatable bonds is 6. The predicted molar refractivity (Wildman–Crippen MR) is 79.0 cm³/mol. The molecule has 1 N–H and O–H groups in total. The van der Waals surface area contributed by atoms with Crippen LogP contribution in [0.4, 0.5) is 36.4 Å². The van der Waals surface area contributed by atoms with Crippen molar-refractivity contribution in [1.82, 2.24) is 10.2 Å². The summed E-state index contributed by atoms with van der Waals surface area (Å²) in [5, 5.41) is 4.83. The smallest absolute Gasteiger partial charge is 0.426 e. The molecule has 1 heterocycles. The van der Waals surface area contributed by atoms with Gasteiger partial charge >= 0.3 is 18.7 Å². The van der Waals surface area contributed by atoms with Crippen molar-refractivity contribution in [1.29, 1.82) is 0 Å². The largest absolute Gasteiger partial charge is 0.461 e. The van der Waals surface area contributed by atoms with Gasteiger partial charge in [0.05, 0.1) is 17.4 Å². The summed E-state index contributed by atoms with van der Waals surface area (Å²) in [7, 11) is 0. The van der Waals surface area contributed by atoms with Crippen molar-refractivity contribution in [3.05, 3.63) is 41.7 Å². The fourth-order valence-electron chi connectivity index (χ4n) is 2.19. The fraction of sp³-hybridized carbons (Fsp3) is 0.333. The maximum Gasteiger partial charge on any atom is 0.461 e. The van der Waals surface area contributed by atoms with Gasteiger partial charge in [-0.05, 0) is 19.1 Å². The topological polar surface area (TPSA) is 58.2 Å². The van der Waals surface area contributed by atoms with Gasteiger partial charge in [-0.1, -0.05) is 12.1 Å². The Balaban J connectivity index is 2.45. The van der Waals surface area contributed by atoms with Crippen LogP contribution < -0.4 is 9.64 Å². The first-order valence-electron chi connectivity index (χ1n) is 7.35. The predicted octanol–water partition coefficient (Wildman–Crippen LogP) is 4.33. The summed E-state index contributed by atoms with van der Waals surface area (Å²) in [6, 6.07) is 4.42. The molecule has 0 spiro atoms. The molecule has 0 bridgehead atoms. The van der Waals surface area contributed by atoms with Crippen molar-refractivity contribution in [3.8, 4) is 5.75 Å². The number of aromatic nitrogens is 2. The second-order valence-electron chi connectivity index (χ2n) is 5.14. The molecule has 12 heteroatoms. The summed E-state index contributed by atoms with van der Waals surface area (Å²) in [5.74, 6) is -2.02. The minimum absolute atomic E-state index is 0.262. The van der Waals surface area contributed by atoms with E-state index in [1.54, 1.807) is 5.10 Å². The SMILES string of the molecule is CCN(C(=O)c1cn[nH]c1C(F)(F)F)c1ccccc1OC(F)(F)C(F)F. The third-order valence-electron chi connectivity index (χ3n) is 3.37. The maximum absolute atomic E-state index is 13.2. The number of benzene rings is 1. The second kappa shape index (κ2) is 7.45. The van der Waals surface area contributed by atoms with Gasteiger partial charge in [-0.2, -0.15) is 35.8 Å². The monoisotopic (exact) mass is 399 g/mol. The number of nitrogens with zero attached hydrogens (tertiary/aromatic N) is 2. The number of halogens is 7. The molecule has 148 valence electrons. The number of aromatic amines is 1. The van der Waals surface area contributed by atoms with Gasteiger partial charge in [0.25, 0.3) is 5.91 Å². The Bertz CT molecular complexity index is 805. The fourth-order valence-corrected chi connectivity index (χ4v) is 2.19. The highest BCUT2D eigenvalue weighted by Crippen LogP contribution is 2.36. The molecule has 27 heavy (non-hydrogen) atoms. The number of anilines is 1. The van der Waals surface area contributed by atoms with E-state index in [1.165, 1.54) is 19.1 Å². The number of H-pyrrole nitrogens is 1. The number of hydrogen-bond donors (Lipinski definition) is 1. The van der Waals surface area contributed by atoms with E-state index in [9.17, 15) is 35.5 Å². The molecule has 0 atom stereocenters. The zero-order valence-electron chi connectivity index (χ0n) is 13.5. The van der Waals surface area contributed by atoms with E-state index in [-0.39, 0.29) is 6.54 Å². The van der Waals surface area contributed by atoms with Crippen LogP contribution in [0.5, 0.6) is 5.75 Å². The first-order chi connectivity index (χ1) is 12.5.